The summed E-state index contributed by atoms with van der Waals surface area (Å²) in [6, 6.07) is 11.7. The van der Waals surface area contributed by atoms with Gasteiger partial charge in [0.05, 0.1) is 12.2 Å². The van der Waals surface area contributed by atoms with Crippen LogP contribution in [-0.4, -0.2) is 28.0 Å². The first-order chi connectivity index (χ1) is 11.7. The highest BCUT2D eigenvalue weighted by Gasteiger charge is 2.18. The van der Waals surface area contributed by atoms with Gasteiger partial charge in [-0.1, -0.05) is 42.4 Å². The number of hydrogen-bond donors (Lipinski definition) is 0. The van der Waals surface area contributed by atoms with Gasteiger partial charge in [-0.05, 0) is 6.42 Å². The highest BCUT2D eigenvalue weighted by atomic mass is 32.1. The number of carbonyl (C=O) groups excluding carboxylic acids is 1. The van der Waals surface area contributed by atoms with E-state index in [9.17, 15) is 4.79 Å². The van der Waals surface area contributed by atoms with Crippen LogP contribution < -0.4 is 0 Å². The zero-order valence-electron chi connectivity index (χ0n) is 13.7. The molecule has 1 aromatic carbocycles. The molecule has 2 heterocycles. The van der Waals surface area contributed by atoms with E-state index in [2.05, 4.69) is 17.1 Å². The molecule has 1 amide bonds. The van der Waals surface area contributed by atoms with E-state index < -0.39 is 0 Å². The zero-order valence-corrected chi connectivity index (χ0v) is 14.5. The molecule has 24 heavy (non-hydrogen) atoms. The Kier molecular flexibility index (Phi) is 5.05. The zero-order chi connectivity index (χ0) is 16.9. The fourth-order valence-corrected chi connectivity index (χ4v) is 3.23. The highest BCUT2D eigenvalue weighted by Crippen LogP contribution is 2.22. The summed E-state index contributed by atoms with van der Waals surface area (Å²) >= 11 is 1.55. The molecule has 6 heteroatoms. The number of hydrogen-bond acceptors (Lipinski definition) is 5. The third-order valence-corrected chi connectivity index (χ3v) is 4.45. The summed E-state index contributed by atoms with van der Waals surface area (Å²) < 4.78 is 5.18. The summed E-state index contributed by atoms with van der Waals surface area (Å²) in [5.41, 5.74) is 2.36. The summed E-state index contributed by atoms with van der Waals surface area (Å²) in [4.78, 5) is 18.6. The Labute approximate surface area is 144 Å². The fourth-order valence-electron chi connectivity index (χ4n) is 2.37. The van der Waals surface area contributed by atoms with Crippen LogP contribution in [0.3, 0.4) is 0 Å². The third kappa shape index (κ3) is 3.71. The van der Waals surface area contributed by atoms with Gasteiger partial charge in [-0.2, -0.15) is 0 Å². The Balaban J connectivity index is 1.67. The summed E-state index contributed by atoms with van der Waals surface area (Å²) in [6.07, 6.45) is 1.75. The summed E-state index contributed by atoms with van der Waals surface area (Å²) in [7, 11) is 1.75. The van der Waals surface area contributed by atoms with E-state index in [0.717, 1.165) is 34.9 Å². The minimum absolute atomic E-state index is 0.155. The Morgan fingerprint density at radius 1 is 1.29 bits per heavy atom. The van der Waals surface area contributed by atoms with E-state index in [-0.39, 0.29) is 5.91 Å². The lowest BCUT2D eigenvalue weighted by Crippen LogP contribution is -2.26. The lowest BCUT2D eigenvalue weighted by Gasteiger charge is -2.13. The van der Waals surface area contributed by atoms with Crippen LogP contribution in [0.2, 0.25) is 0 Å². The third-order valence-electron chi connectivity index (χ3n) is 3.61. The molecule has 0 aliphatic carbocycles. The Morgan fingerprint density at radius 2 is 2.08 bits per heavy atom. The van der Waals surface area contributed by atoms with Crippen molar-refractivity contribution in [2.24, 2.45) is 0 Å². The minimum Gasteiger partial charge on any atom is -0.361 e. The van der Waals surface area contributed by atoms with Crippen molar-refractivity contribution in [2.45, 2.75) is 26.3 Å². The summed E-state index contributed by atoms with van der Waals surface area (Å²) in [5, 5.41) is 6.77. The normalized spacial score (nSPS) is 10.8. The molecule has 0 fully saturated rings. The van der Waals surface area contributed by atoms with E-state index in [1.54, 1.807) is 29.4 Å². The molecule has 3 aromatic rings. The predicted molar refractivity (Wildman–Crippen MR) is 93.8 cm³/mol. The van der Waals surface area contributed by atoms with E-state index in [1.165, 1.54) is 0 Å². The van der Waals surface area contributed by atoms with Crippen LogP contribution in [0, 0.1) is 0 Å². The minimum atomic E-state index is -0.155. The van der Waals surface area contributed by atoms with Gasteiger partial charge in [0.15, 0.2) is 5.69 Å². The molecule has 124 valence electrons. The lowest BCUT2D eigenvalue weighted by molar-refractivity contribution is 0.0774. The molecule has 0 bridgehead atoms. The monoisotopic (exact) mass is 341 g/mol. The molecule has 2 aromatic heterocycles. The SMILES string of the molecule is CCCc1cc(C(=O)N(C)Cc2nc(-c3ccccc3)cs2)no1. The van der Waals surface area contributed by atoms with Crippen molar-refractivity contribution in [3.8, 4) is 11.3 Å². The fraction of sp³-hybridized carbons (Fsp3) is 0.278. The van der Waals surface area contributed by atoms with E-state index in [0.29, 0.717) is 12.2 Å². The first kappa shape index (κ1) is 16.4. The van der Waals surface area contributed by atoms with Crippen molar-refractivity contribution in [1.82, 2.24) is 15.0 Å². The number of aryl methyl sites for hydroxylation is 1. The number of carbonyl (C=O) groups is 1. The molecule has 0 spiro atoms. The number of thiazole rings is 1. The molecular weight excluding hydrogens is 322 g/mol. The second kappa shape index (κ2) is 7.40. The van der Waals surface area contributed by atoms with Crippen LogP contribution in [0.25, 0.3) is 11.3 Å². The molecular formula is C18H19N3O2S. The highest BCUT2D eigenvalue weighted by molar-refractivity contribution is 7.09. The van der Waals surface area contributed by atoms with Gasteiger partial charge >= 0.3 is 0 Å². The van der Waals surface area contributed by atoms with Crippen molar-refractivity contribution >= 4 is 17.2 Å². The molecule has 0 saturated carbocycles. The number of benzene rings is 1. The van der Waals surface area contributed by atoms with E-state index >= 15 is 0 Å². The van der Waals surface area contributed by atoms with Crippen molar-refractivity contribution in [2.75, 3.05) is 7.05 Å². The standard InChI is InChI=1S/C18H19N3O2S/c1-3-7-14-10-15(20-23-14)18(22)21(2)11-17-19-16(12-24-17)13-8-5-4-6-9-13/h4-6,8-10,12H,3,7,11H2,1-2H3. The maximum absolute atomic E-state index is 12.4. The topological polar surface area (TPSA) is 59.2 Å². The van der Waals surface area contributed by atoms with Gasteiger partial charge < -0.3 is 9.42 Å². The van der Waals surface area contributed by atoms with Crippen molar-refractivity contribution < 1.29 is 9.32 Å². The molecule has 0 aliphatic rings. The average Bonchev–Trinajstić information content (AvgIpc) is 3.25. The molecule has 0 N–H and O–H groups in total. The van der Waals surface area contributed by atoms with Gasteiger partial charge in [0.1, 0.15) is 10.8 Å². The van der Waals surface area contributed by atoms with Gasteiger partial charge in [-0.25, -0.2) is 4.98 Å². The van der Waals surface area contributed by atoms with E-state index in [4.69, 9.17) is 4.52 Å². The first-order valence-electron chi connectivity index (χ1n) is 7.88. The summed E-state index contributed by atoms with van der Waals surface area (Å²) in [5.74, 6) is 0.590. The number of amides is 1. The second-order valence-corrected chi connectivity index (χ2v) is 6.52. The Bertz CT molecular complexity index is 811. The number of nitrogens with zero attached hydrogens (tertiary/aromatic N) is 3. The van der Waals surface area contributed by atoms with Gasteiger partial charge in [-0.3, -0.25) is 4.79 Å². The smallest absolute Gasteiger partial charge is 0.276 e. The largest absolute Gasteiger partial charge is 0.361 e. The maximum Gasteiger partial charge on any atom is 0.276 e. The van der Waals surface area contributed by atoms with Gasteiger partial charge in [0, 0.05) is 30.5 Å². The van der Waals surface area contributed by atoms with Crippen molar-refractivity contribution in [3.63, 3.8) is 0 Å². The van der Waals surface area contributed by atoms with Crippen LogP contribution in [0.5, 0.6) is 0 Å². The van der Waals surface area contributed by atoms with Crippen molar-refractivity contribution in [3.05, 3.63) is 58.2 Å². The maximum atomic E-state index is 12.4. The quantitative estimate of drug-likeness (QED) is 0.679. The van der Waals surface area contributed by atoms with Gasteiger partial charge in [0.2, 0.25) is 0 Å². The molecule has 0 saturated heterocycles. The molecule has 0 radical (unpaired) electrons. The summed E-state index contributed by atoms with van der Waals surface area (Å²) in [6.45, 7) is 2.51. The van der Waals surface area contributed by atoms with Crippen LogP contribution >= 0.6 is 11.3 Å². The average molecular weight is 341 g/mol. The van der Waals surface area contributed by atoms with Gasteiger partial charge in [0.25, 0.3) is 5.91 Å². The molecule has 5 nitrogen and oxygen atoms in total. The first-order valence-corrected chi connectivity index (χ1v) is 8.76. The molecule has 0 unspecified atom stereocenters. The Morgan fingerprint density at radius 3 is 2.83 bits per heavy atom. The molecule has 3 rings (SSSR count). The number of rotatable bonds is 6. The predicted octanol–water partition coefficient (Wildman–Crippen LogP) is 4.02. The molecule has 0 atom stereocenters. The van der Waals surface area contributed by atoms with Crippen LogP contribution in [0.4, 0.5) is 0 Å². The van der Waals surface area contributed by atoms with Crippen LogP contribution in [-0.2, 0) is 13.0 Å². The number of aromatic nitrogens is 2. The van der Waals surface area contributed by atoms with Crippen LogP contribution in [0.1, 0.15) is 34.6 Å². The molecule has 0 aliphatic heterocycles. The Hall–Kier alpha value is -2.47. The van der Waals surface area contributed by atoms with Crippen LogP contribution in [0.15, 0.2) is 46.3 Å². The van der Waals surface area contributed by atoms with E-state index in [1.807, 2.05) is 35.7 Å². The van der Waals surface area contributed by atoms with Crippen molar-refractivity contribution in [1.29, 1.82) is 0 Å². The second-order valence-electron chi connectivity index (χ2n) is 5.58. The van der Waals surface area contributed by atoms with Gasteiger partial charge in [-0.15, -0.1) is 11.3 Å². The lowest BCUT2D eigenvalue weighted by atomic mass is 10.2.